The molecule has 0 bridgehead atoms. The molecule has 1 aromatic rings. The van der Waals surface area contributed by atoms with Crippen LogP contribution in [0.2, 0.25) is 0 Å². The van der Waals surface area contributed by atoms with E-state index in [1.54, 1.807) is 25.1 Å². The van der Waals surface area contributed by atoms with Crippen molar-refractivity contribution in [2.75, 3.05) is 33.9 Å². The third kappa shape index (κ3) is 4.09. The van der Waals surface area contributed by atoms with Crippen LogP contribution < -0.4 is 10.1 Å². The largest absolute Gasteiger partial charge is 0.481 e. The fourth-order valence-electron chi connectivity index (χ4n) is 2.17. The summed E-state index contributed by atoms with van der Waals surface area (Å²) in [6.45, 7) is 2.65. The number of urea groups is 1. The lowest BCUT2D eigenvalue weighted by Crippen LogP contribution is -2.39. The van der Waals surface area contributed by atoms with Crippen LogP contribution in [0.1, 0.15) is 12.1 Å². The zero-order chi connectivity index (χ0) is 14.4. The van der Waals surface area contributed by atoms with E-state index in [-0.39, 0.29) is 6.03 Å². The van der Waals surface area contributed by atoms with Crippen LogP contribution in [0.25, 0.3) is 0 Å². The molecule has 1 aliphatic heterocycles. The maximum atomic E-state index is 12.0. The minimum Gasteiger partial charge on any atom is -0.481 e. The number of methoxy groups -OCH3 is 1. The van der Waals surface area contributed by atoms with Crippen molar-refractivity contribution in [1.29, 1.82) is 0 Å². The Bertz CT molecular complexity index is 447. The number of aromatic nitrogens is 1. The molecule has 2 heterocycles. The van der Waals surface area contributed by atoms with Gasteiger partial charge in [-0.3, -0.25) is 0 Å². The van der Waals surface area contributed by atoms with Crippen LogP contribution in [-0.2, 0) is 11.3 Å². The zero-order valence-corrected chi connectivity index (χ0v) is 12.0. The predicted molar refractivity (Wildman–Crippen MR) is 74.6 cm³/mol. The van der Waals surface area contributed by atoms with Crippen LogP contribution in [0.3, 0.4) is 0 Å². The van der Waals surface area contributed by atoms with E-state index in [1.807, 2.05) is 12.1 Å². The highest BCUT2D eigenvalue weighted by Gasteiger charge is 2.19. The highest BCUT2D eigenvalue weighted by molar-refractivity contribution is 5.73. The lowest BCUT2D eigenvalue weighted by molar-refractivity contribution is 0.171. The molecule has 6 heteroatoms. The molecular weight excluding hydrogens is 258 g/mol. The Morgan fingerprint density at radius 1 is 1.60 bits per heavy atom. The molecule has 0 saturated carbocycles. The number of nitrogens with zero attached hydrogens (tertiary/aromatic N) is 2. The molecule has 1 unspecified atom stereocenters. The Hall–Kier alpha value is -1.82. The van der Waals surface area contributed by atoms with Crippen molar-refractivity contribution in [3.63, 3.8) is 0 Å². The monoisotopic (exact) mass is 279 g/mol. The van der Waals surface area contributed by atoms with E-state index in [9.17, 15) is 4.79 Å². The summed E-state index contributed by atoms with van der Waals surface area (Å²) in [5.74, 6) is 0.994. The zero-order valence-electron chi connectivity index (χ0n) is 12.0. The third-order valence-electron chi connectivity index (χ3n) is 3.31. The summed E-state index contributed by atoms with van der Waals surface area (Å²) in [4.78, 5) is 17.9. The normalized spacial score (nSPS) is 17.8. The summed E-state index contributed by atoms with van der Waals surface area (Å²) in [6.07, 6.45) is 1.02. The molecule has 1 fully saturated rings. The van der Waals surface area contributed by atoms with Gasteiger partial charge in [-0.2, -0.15) is 0 Å². The Morgan fingerprint density at radius 2 is 2.45 bits per heavy atom. The highest BCUT2D eigenvalue weighted by atomic mass is 16.5. The topological polar surface area (TPSA) is 63.7 Å². The number of amides is 2. The average molecular weight is 279 g/mol. The molecule has 0 spiro atoms. The second-order valence-corrected chi connectivity index (χ2v) is 4.94. The number of carbonyl (C=O) groups excluding carboxylic acids is 1. The lowest BCUT2D eigenvalue weighted by atomic mass is 10.1. The van der Waals surface area contributed by atoms with Crippen molar-refractivity contribution in [1.82, 2.24) is 15.2 Å². The van der Waals surface area contributed by atoms with Gasteiger partial charge >= 0.3 is 6.03 Å². The van der Waals surface area contributed by atoms with Gasteiger partial charge in [0.25, 0.3) is 0 Å². The smallest absolute Gasteiger partial charge is 0.317 e. The van der Waals surface area contributed by atoms with E-state index in [0.29, 0.717) is 18.3 Å². The first kappa shape index (κ1) is 14.6. The van der Waals surface area contributed by atoms with Gasteiger partial charge in [0.1, 0.15) is 0 Å². The summed E-state index contributed by atoms with van der Waals surface area (Å²) >= 11 is 0. The van der Waals surface area contributed by atoms with Gasteiger partial charge in [0, 0.05) is 32.2 Å². The molecule has 6 nitrogen and oxygen atoms in total. The van der Waals surface area contributed by atoms with Crippen LogP contribution in [0.5, 0.6) is 5.88 Å². The fraction of sp³-hybridized carbons (Fsp3) is 0.571. The molecule has 2 rings (SSSR count). The van der Waals surface area contributed by atoms with Crippen LogP contribution in [0, 0.1) is 5.92 Å². The minimum atomic E-state index is -0.0958. The van der Waals surface area contributed by atoms with Crippen molar-refractivity contribution in [2.45, 2.75) is 13.0 Å². The number of hydrogen-bond acceptors (Lipinski definition) is 4. The third-order valence-corrected chi connectivity index (χ3v) is 3.31. The van der Waals surface area contributed by atoms with Crippen molar-refractivity contribution < 1.29 is 14.3 Å². The number of pyridine rings is 1. The second kappa shape index (κ2) is 7.09. The van der Waals surface area contributed by atoms with Crippen LogP contribution in [0.4, 0.5) is 4.79 Å². The molecule has 1 N–H and O–H groups in total. The van der Waals surface area contributed by atoms with Crippen molar-refractivity contribution in [3.05, 3.63) is 23.9 Å². The Balaban J connectivity index is 1.78. The average Bonchev–Trinajstić information content (AvgIpc) is 2.97. The van der Waals surface area contributed by atoms with Gasteiger partial charge < -0.3 is 19.7 Å². The van der Waals surface area contributed by atoms with Gasteiger partial charge in [-0.25, -0.2) is 9.78 Å². The number of ether oxygens (including phenoxy) is 2. The van der Waals surface area contributed by atoms with E-state index in [1.165, 1.54) is 0 Å². The van der Waals surface area contributed by atoms with Crippen molar-refractivity contribution in [3.8, 4) is 5.88 Å². The Morgan fingerprint density at radius 3 is 3.15 bits per heavy atom. The van der Waals surface area contributed by atoms with Crippen LogP contribution in [-0.4, -0.2) is 49.8 Å². The molecular formula is C14H21N3O3. The standard InChI is InChI=1S/C14H21N3O3/c1-17(9-11-6-7-20-10-11)14(18)15-8-12-4-3-5-13(16-12)19-2/h3-5,11H,6-10H2,1-2H3,(H,15,18). The van der Waals surface area contributed by atoms with Gasteiger partial charge in [-0.05, 0) is 12.5 Å². The maximum Gasteiger partial charge on any atom is 0.317 e. The van der Waals surface area contributed by atoms with E-state index in [2.05, 4.69) is 10.3 Å². The SMILES string of the molecule is COc1cccc(CNC(=O)N(C)CC2CCOC2)n1. The summed E-state index contributed by atoms with van der Waals surface area (Å²) in [6, 6.07) is 5.39. The van der Waals surface area contributed by atoms with E-state index < -0.39 is 0 Å². The molecule has 0 aliphatic carbocycles. The number of hydrogen-bond donors (Lipinski definition) is 1. The Kier molecular flexibility index (Phi) is 5.17. The molecule has 20 heavy (non-hydrogen) atoms. The van der Waals surface area contributed by atoms with Crippen LogP contribution in [0.15, 0.2) is 18.2 Å². The summed E-state index contributed by atoms with van der Waals surface area (Å²) in [5.41, 5.74) is 0.773. The number of rotatable bonds is 5. The second-order valence-electron chi connectivity index (χ2n) is 4.94. The van der Waals surface area contributed by atoms with Crippen LogP contribution >= 0.6 is 0 Å². The van der Waals surface area contributed by atoms with E-state index in [0.717, 1.165) is 31.9 Å². The summed E-state index contributed by atoms with van der Waals surface area (Å²) in [5, 5.41) is 2.85. The van der Waals surface area contributed by atoms with Gasteiger partial charge in [-0.1, -0.05) is 6.07 Å². The minimum absolute atomic E-state index is 0.0958. The van der Waals surface area contributed by atoms with E-state index >= 15 is 0 Å². The molecule has 0 aromatic carbocycles. The molecule has 110 valence electrons. The molecule has 2 amide bonds. The first-order chi connectivity index (χ1) is 9.69. The fourth-order valence-corrected chi connectivity index (χ4v) is 2.17. The van der Waals surface area contributed by atoms with Gasteiger partial charge in [0.15, 0.2) is 0 Å². The summed E-state index contributed by atoms with van der Waals surface area (Å²) < 4.78 is 10.4. The van der Waals surface area contributed by atoms with Gasteiger partial charge in [0.2, 0.25) is 5.88 Å². The molecule has 1 aliphatic rings. The molecule has 1 aromatic heterocycles. The molecule has 0 radical (unpaired) electrons. The Labute approximate surface area is 119 Å². The van der Waals surface area contributed by atoms with Crippen molar-refractivity contribution >= 4 is 6.03 Å². The quantitative estimate of drug-likeness (QED) is 0.881. The first-order valence-electron chi connectivity index (χ1n) is 6.75. The molecule has 1 atom stereocenters. The number of carbonyl (C=O) groups is 1. The summed E-state index contributed by atoms with van der Waals surface area (Å²) in [7, 11) is 3.37. The predicted octanol–water partition coefficient (Wildman–Crippen LogP) is 1.27. The highest BCUT2D eigenvalue weighted by Crippen LogP contribution is 2.13. The van der Waals surface area contributed by atoms with Crippen molar-refractivity contribution in [2.24, 2.45) is 5.92 Å². The number of nitrogens with one attached hydrogen (secondary N) is 1. The van der Waals surface area contributed by atoms with E-state index in [4.69, 9.17) is 9.47 Å². The lowest BCUT2D eigenvalue weighted by Gasteiger charge is -2.20. The maximum absolute atomic E-state index is 12.0. The van der Waals surface area contributed by atoms with Gasteiger partial charge in [-0.15, -0.1) is 0 Å². The van der Waals surface area contributed by atoms with Gasteiger partial charge in [0.05, 0.1) is 26.0 Å². The molecule has 1 saturated heterocycles. The first-order valence-corrected chi connectivity index (χ1v) is 6.75.